The molecule has 220 valence electrons. The molecule has 1 aliphatic heterocycles. The van der Waals surface area contributed by atoms with Gasteiger partial charge < -0.3 is 20.5 Å². The van der Waals surface area contributed by atoms with Gasteiger partial charge in [0.2, 0.25) is 5.95 Å². The molecule has 0 spiro atoms. The number of anilines is 3. The van der Waals surface area contributed by atoms with Crippen LogP contribution in [0, 0.1) is 18.7 Å². The molecule has 1 saturated heterocycles. The van der Waals surface area contributed by atoms with Crippen molar-refractivity contribution in [2.75, 3.05) is 24.3 Å². The first-order chi connectivity index (χ1) is 20.9. The van der Waals surface area contributed by atoms with Crippen LogP contribution in [0.3, 0.4) is 0 Å². The normalized spacial score (nSPS) is 15.0. The van der Waals surface area contributed by atoms with Gasteiger partial charge in [0, 0.05) is 35.4 Å². The number of halogens is 2. The standard InChI is InChI=1S/C30H28F2N8O3/c1-3-42-30(41)27-25(33)26(24-16(2)9-10-21-18(24)14-36-40(21)23-8-4-5-12-43-23)38-28(39-27)17-13-22(32)35-15-20(17)37-29-19(31)7-6-11-34-29/h6-7,9-11,13-15,23H,3-5,8,12,33H2,1-2H3,(H,34,37). The molecule has 6 rings (SSSR count). The van der Waals surface area contributed by atoms with Crippen LogP contribution in [0.15, 0.2) is 48.9 Å². The maximum absolute atomic E-state index is 14.6. The summed E-state index contributed by atoms with van der Waals surface area (Å²) >= 11 is 0. The third kappa shape index (κ3) is 5.34. The highest BCUT2D eigenvalue weighted by Crippen LogP contribution is 2.39. The monoisotopic (exact) mass is 586 g/mol. The van der Waals surface area contributed by atoms with Crippen LogP contribution < -0.4 is 11.1 Å². The second kappa shape index (κ2) is 11.7. The smallest absolute Gasteiger partial charge is 0.359 e. The lowest BCUT2D eigenvalue weighted by Gasteiger charge is -2.23. The minimum atomic E-state index is -0.839. The number of aryl methyl sites for hydroxylation is 1. The Bertz CT molecular complexity index is 1840. The summed E-state index contributed by atoms with van der Waals surface area (Å²) in [6, 6.07) is 7.61. The van der Waals surface area contributed by atoms with Crippen molar-refractivity contribution >= 4 is 34.1 Å². The molecule has 0 aliphatic carbocycles. The molecule has 43 heavy (non-hydrogen) atoms. The number of pyridine rings is 2. The summed E-state index contributed by atoms with van der Waals surface area (Å²) in [6.07, 6.45) is 6.92. The van der Waals surface area contributed by atoms with E-state index in [1.165, 1.54) is 24.5 Å². The lowest BCUT2D eigenvalue weighted by molar-refractivity contribution is -0.0366. The number of hydrogen-bond acceptors (Lipinski definition) is 10. The van der Waals surface area contributed by atoms with E-state index in [1.807, 2.05) is 23.7 Å². The van der Waals surface area contributed by atoms with E-state index in [0.717, 1.165) is 41.8 Å². The molecule has 5 aromatic rings. The third-order valence-corrected chi connectivity index (χ3v) is 7.19. The Morgan fingerprint density at radius 1 is 1.19 bits per heavy atom. The maximum Gasteiger partial charge on any atom is 0.359 e. The highest BCUT2D eigenvalue weighted by atomic mass is 19.1. The molecular formula is C30H28F2N8O3. The summed E-state index contributed by atoms with van der Waals surface area (Å²) in [5.74, 6) is -2.43. The van der Waals surface area contributed by atoms with Gasteiger partial charge >= 0.3 is 5.97 Å². The van der Waals surface area contributed by atoms with Gasteiger partial charge in [-0.1, -0.05) is 6.07 Å². The summed E-state index contributed by atoms with van der Waals surface area (Å²) in [7, 11) is 0. The van der Waals surface area contributed by atoms with Crippen LogP contribution in [-0.2, 0) is 9.47 Å². The first-order valence-electron chi connectivity index (χ1n) is 13.8. The molecule has 5 heterocycles. The molecule has 0 radical (unpaired) electrons. The molecule has 0 amide bonds. The number of ether oxygens (including phenoxy) is 2. The molecule has 0 saturated carbocycles. The van der Waals surface area contributed by atoms with Gasteiger partial charge in [0.25, 0.3) is 0 Å². The number of fused-ring (bicyclic) bond motifs is 1. The van der Waals surface area contributed by atoms with E-state index in [9.17, 15) is 13.6 Å². The quantitative estimate of drug-likeness (QED) is 0.179. The predicted molar refractivity (Wildman–Crippen MR) is 155 cm³/mol. The van der Waals surface area contributed by atoms with Gasteiger partial charge in [-0.25, -0.2) is 33.8 Å². The lowest BCUT2D eigenvalue weighted by atomic mass is 9.98. The van der Waals surface area contributed by atoms with Gasteiger partial charge in [-0.15, -0.1) is 0 Å². The van der Waals surface area contributed by atoms with Crippen molar-refractivity contribution in [2.24, 2.45) is 0 Å². The molecule has 13 heteroatoms. The molecule has 1 fully saturated rings. The SMILES string of the molecule is CCOC(=O)c1nc(-c2cc(F)ncc2Nc2ncccc2F)nc(-c2c(C)ccc3c2cnn3C2CCCCO2)c1N. The Balaban J connectivity index is 1.56. The van der Waals surface area contributed by atoms with E-state index in [1.54, 1.807) is 13.1 Å². The fraction of sp³-hybridized carbons (Fsp3) is 0.267. The molecule has 0 bridgehead atoms. The van der Waals surface area contributed by atoms with Gasteiger partial charge in [0.15, 0.2) is 29.4 Å². The van der Waals surface area contributed by atoms with Crippen LogP contribution in [0.5, 0.6) is 0 Å². The van der Waals surface area contributed by atoms with Crippen LogP contribution in [-0.4, -0.2) is 48.9 Å². The van der Waals surface area contributed by atoms with Crippen molar-refractivity contribution < 1.29 is 23.0 Å². The zero-order chi connectivity index (χ0) is 30.1. The molecule has 1 atom stereocenters. The topological polar surface area (TPSA) is 143 Å². The van der Waals surface area contributed by atoms with Crippen molar-refractivity contribution in [3.63, 3.8) is 0 Å². The summed E-state index contributed by atoms with van der Waals surface area (Å²) in [6.45, 7) is 4.27. The predicted octanol–water partition coefficient (Wildman–Crippen LogP) is 5.74. The maximum atomic E-state index is 14.6. The van der Waals surface area contributed by atoms with Gasteiger partial charge in [0.05, 0.1) is 41.6 Å². The number of aromatic nitrogens is 6. The van der Waals surface area contributed by atoms with Gasteiger partial charge in [0.1, 0.15) is 0 Å². The molecule has 11 nitrogen and oxygen atoms in total. The van der Waals surface area contributed by atoms with Crippen molar-refractivity contribution in [3.8, 4) is 22.6 Å². The van der Waals surface area contributed by atoms with E-state index >= 15 is 0 Å². The Kier molecular flexibility index (Phi) is 7.63. The molecule has 1 aliphatic rings. The fourth-order valence-corrected chi connectivity index (χ4v) is 5.15. The minimum Gasteiger partial charge on any atom is -0.461 e. The number of hydrogen-bond donors (Lipinski definition) is 2. The van der Waals surface area contributed by atoms with Crippen LogP contribution in [0.2, 0.25) is 0 Å². The number of carbonyl (C=O) groups is 1. The first-order valence-corrected chi connectivity index (χ1v) is 13.8. The molecular weight excluding hydrogens is 558 g/mol. The van der Waals surface area contributed by atoms with Gasteiger partial charge in [-0.2, -0.15) is 9.49 Å². The number of esters is 1. The van der Waals surface area contributed by atoms with E-state index in [4.69, 9.17) is 20.2 Å². The molecule has 3 N–H and O–H groups in total. The Hall–Kier alpha value is -5.04. The minimum absolute atomic E-state index is 0.0146. The van der Waals surface area contributed by atoms with Gasteiger partial charge in [-0.3, -0.25) is 0 Å². The summed E-state index contributed by atoms with van der Waals surface area (Å²) in [4.78, 5) is 30.0. The highest BCUT2D eigenvalue weighted by molar-refractivity contribution is 6.03. The highest BCUT2D eigenvalue weighted by Gasteiger charge is 2.26. The Labute approximate surface area is 245 Å². The third-order valence-electron chi connectivity index (χ3n) is 7.19. The number of nitrogens with zero attached hydrogens (tertiary/aromatic N) is 6. The number of nitrogens with two attached hydrogens (primary N) is 1. The van der Waals surface area contributed by atoms with Crippen LogP contribution in [0.25, 0.3) is 33.5 Å². The number of nitrogen functional groups attached to an aromatic ring is 1. The second-order valence-corrected chi connectivity index (χ2v) is 9.99. The van der Waals surface area contributed by atoms with E-state index < -0.39 is 17.7 Å². The van der Waals surface area contributed by atoms with Crippen molar-refractivity contribution in [3.05, 3.63) is 71.9 Å². The van der Waals surface area contributed by atoms with Crippen LogP contribution in [0.4, 0.5) is 26.0 Å². The van der Waals surface area contributed by atoms with Crippen LogP contribution >= 0.6 is 0 Å². The Morgan fingerprint density at radius 3 is 2.81 bits per heavy atom. The zero-order valence-corrected chi connectivity index (χ0v) is 23.5. The average Bonchev–Trinajstić information content (AvgIpc) is 3.44. The summed E-state index contributed by atoms with van der Waals surface area (Å²) < 4.78 is 42.1. The summed E-state index contributed by atoms with van der Waals surface area (Å²) in [5.41, 5.74) is 9.06. The second-order valence-electron chi connectivity index (χ2n) is 9.99. The van der Waals surface area contributed by atoms with Crippen molar-refractivity contribution in [1.29, 1.82) is 0 Å². The lowest BCUT2D eigenvalue weighted by Crippen LogP contribution is -2.19. The number of benzene rings is 1. The first kappa shape index (κ1) is 28.1. The van der Waals surface area contributed by atoms with E-state index in [2.05, 4.69) is 25.4 Å². The van der Waals surface area contributed by atoms with E-state index in [-0.39, 0.29) is 52.8 Å². The molecule has 1 aromatic carbocycles. The number of carbonyl (C=O) groups excluding carboxylic acids is 1. The van der Waals surface area contributed by atoms with Crippen LogP contribution in [0.1, 0.15) is 48.5 Å². The molecule has 1 unspecified atom stereocenters. The van der Waals surface area contributed by atoms with Crippen molar-refractivity contribution in [1.82, 2.24) is 29.7 Å². The largest absolute Gasteiger partial charge is 0.461 e. The average molecular weight is 587 g/mol. The zero-order valence-electron chi connectivity index (χ0n) is 23.5. The van der Waals surface area contributed by atoms with E-state index in [0.29, 0.717) is 12.2 Å². The summed E-state index contributed by atoms with van der Waals surface area (Å²) in [5, 5.41) is 8.19. The van der Waals surface area contributed by atoms with Gasteiger partial charge in [-0.05, 0) is 56.9 Å². The molecule has 4 aromatic heterocycles. The number of nitrogens with one attached hydrogen (secondary N) is 1. The Morgan fingerprint density at radius 2 is 2.05 bits per heavy atom. The fourth-order valence-electron chi connectivity index (χ4n) is 5.15. The van der Waals surface area contributed by atoms with Crippen molar-refractivity contribution in [2.45, 2.75) is 39.3 Å². The number of rotatable bonds is 7.